The lowest BCUT2D eigenvalue weighted by Crippen LogP contribution is -2.34. The number of allylic oxidation sites excluding steroid dienone is 2. The molecule has 0 heterocycles. The summed E-state index contributed by atoms with van der Waals surface area (Å²) in [6.45, 7) is 0. The van der Waals surface area contributed by atoms with Gasteiger partial charge in [0.1, 0.15) is 0 Å². The molecular weight excluding hydrogens is 438 g/mol. The van der Waals surface area contributed by atoms with Crippen molar-refractivity contribution in [3.05, 3.63) is 82.2 Å². The van der Waals surface area contributed by atoms with Crippen molar-refractivity contribution in [1.29, 1.82) is 0 Å². The molecule has 0 nitrogen and oxygen atoms in total. The molecule has 3 aromatic carbocycles. The van der Waals surface area contributed by atoms with E-state index in [9.17, 15) is 26.3 Å². The molecule has 6 heteroatoms. The third-order valence-corrected chi connectivity index (χ3v) is 6.56. The zero-order valence-corrected chi connectivity index (χ0v) is 17.5. The number of hydrogen-bond donors (Lipinski definition) is 0. The minimum absolute atomic E-state index is 0.00692. The molecule has 0 aliphatic heterocycles. The highest BCUT2D eigenvalue weighted by molar-refractivity contribution is 5.89. The third-order valence-electron chi connectivity index (χ3n) is 6.56. The summed E-state index contributed by atoms with van der Waals surface area (Å²) in [4.78, 5) is 0. The molecule has 0 N–H and O–H groups in total. The lowest BCUT2D eigenvalue weighted by atomic mass is 9.78. The smallest absolute Gasteiger partial charge is 0.171 e. The Morgan fingerprint density at radius 2 is 1.52 bits per heavy atom. The molecule has 0 amide bonds. The van der Waals surface area contributed by atoms with Crippen LogP contribution in [0.1, 0.15) is 31.2 Å². The van der Waals surface area contributed by atoms with E-state index in [1.807, 2.05) is 30.3 Å². The lowest BCUT2D eigenvalue weighted by Gasteiger charge is -2.27. The lowest BCUT2D eigenvalue weighted by molar-refractivity contribution is -0.137. The molecule has 0 radical (unpaired) electrons. The van der Waals surface area contributed by atoms with Crippen LogP contribution in [0.3, 0.4) is 0 Å². The first-order valence-corrected chi connectivity index (χ1v) is 10.8. The molecule has 3 aromatic rings. The van der Waals surface area contributed by atoms with Crippen LogP contribution in [0.4, 0.5) is 26.3 Å². The summed E-state index contributed by atoms with van der Waals surface area (Å²) in [5.41, 5.74) is 2.51. The second kappa shape index (κ2) is 7.79. The van der Waals surface area contributed by atoms with E-state index in [4.69, 9.17) is 0 Å². The Morgan fingerprint density at radius 1 is 0.788 bits per heavy atom. The number of hydrogen-bond acceptors (Lipinski definition) is 0. The molecule has 0 fully saturated rings. The van der Waals surface area contributed by atoms with Crippen molar-refractivity contribution in [1.82, 2.24) is 0 Å². The van der Waals surface area contributed by atoms with Gasteiger partial charge < -0.3 is 0 Å². The van der Waals surface area contributed by atoms with Crippen LogP contribution in [-0.2, 0) is 6.18 Å². The van der Waals surface area contributed by atoms with E-state index in [1.54, 1.807) is 6.08 Å². The van der Waals surface area contributed by atoms with Gasteiger partial charge >= 0.3 is 12.4 Å². The van der Waals surface area contributed by atoms with Crippen LogP contribution in [0.2, 0.25) is 0 Å². The highest BCUT2D eigenvalue weighted by Gasteiger charge is 2.32. The number of rotatable bonds is 2. The van der Waals surface area contributed by atoms with Crippen LogP contribution in [0.5, 0.6) is 0 Å². The van der Waals surface area contributed by atoms with Crippen molar-refractivity contribution >= 4 is 22.4 Å². The molecule has 0 bridgehead atoms. The third kappa shape index (κ3) is 4.31. The quantitative estimate of drug-likeness (QED) is 0.283. The van der Waals surface area contributed by atoms with Crippen molar-refractivity contribution < 1.29 is 26.3 Å². The van der Waals surface area contributed by atoms with Crippen LogP contribution >= 0.6 is 0 Å². The molecular formula is C27H20F6. The second-order valence-electron chi connectivity index (χ2n) is 8.73. The molecule has 0 saturated carbocycles. The van der Waals surface area contributed by atoms with E-state index < -0.39 is 24.3 Å². The van der Waals surface area contributed by atoms with E-state index in [0.29, 0.717) is 30.4 Å². The Kier molecular flexibility index (Phi) is 5.15. The average Bonchev–Trinajstić information content (AvgIpc) is 2.76. The largest absolute Gasteiger partial charge is 0.416 e. The molecule has 33 heavy (non-hydrogen) atoms. The molecule has 1 unspecified atom stereocenters. The van der Waals surface area contributed by atoms with Gasteiger partial charge in [0, 0.05) is 5.92 Å². The predicted molar refractivity (Wildman–Crippen MR) is 118 cm³/mol. The summed E-state index contributed by atoms with van der Waals surface area (Å²) >= 11 is 0. The summed E-state index contributed by atoms with van der Waals surface area (Å²) in [6.07, 6.45) is -3.77. The molecule has 0 spiro atoms. The van der Waals surface area contributed by atoms with Crippen LogP contribution < -0.4 is 10.4 Å². The minimum Gasteiger partial charge on any atom is -0.171 e. The fourth-order valence-corrected chi connectivity index (χ4v) is 5.03. The Labute approximate surface area is 186 Å². The van der Waals surface area contributed by atoms with Crippen molar-refractivity contribution in [3.63, 3.8) is 0 Å². The van der Waals surface area contributed by atoms with E-state index in [0.717, 1.165) is 38.9 Å². The Morgan fingerprint density at radius 3 is 2.21 bits per heavy atom. The summed E-state index contributed by atoms with van der Waals surface area (Å²) in [5.74, 6) is 0.00692. The van der Waals surface area contributed by atoms with E-state index >= 15 is 0 Å². The molecule has 1 atom stereocenters. The van der Waals surface area contributed by atoms with Crippen molar-refractivity contribution in [2.24, 2.45) is 5.92 Å². The Hall–Kier alpha value is -3.02. The van der Waals surface area contributed by atoms with E-state index in [1.165, 1.54) is 17.7 Å². The summed E-state index contributed by atoms with van der Waals surface area (Å²) < 4.78 is 76.9. The standard InChI is InChI=1S/C27H20F6/c28-26(29,30)15-16-1-9-22-19(13-16)5-11-25-23-10-4-18(14-20(23)6-12-24(22)25)17-2-7-21(8-3-17)27(31,32)33/h2-4,6-8,10-14,19H,1,5,9,15H2. The van der Waals surface area contributed by atoms with Crippen molar-refractivity contribution in [3.8, 4) is 11.1 Å². The SMILES string of the molecule is FC(F)(F)CC1=CC2CC=c3c(ccc4cc(-c5ccc(C(F)(F)F)cc5)ccc34)=C2CC1. The van der Waals surface area contributed by atoms with Gasteiger partial charge in [-0.25, -0.2) is 0 Å². The Balaban J connectivity index is 1.52. The fraction of sp³-hybridized carbons (Fsp3) is 0.259. The normalized spacial score (nSPS) is 18.4. The van der Waals surface area contributed by atoms with Gasteiger partial charge in [-0.15, -0.1) is 0 Å². The monoisotopic (exact) mass is 458 g/mol. The number of fused-ring (bicyclic) bond motifs is 4. The predicted octanol–water partition coefficient (Wildman–Crippen LogP) is 7.15. The van der Waals surface area contributed by atoms with Gasteiger partial charge in [0.05, 0.1) is 12.0 Å². The molecule has 2 aliphatic rings. The van der Waals surface area contributed by atoms with Gasteiger partial charge in [0.15, 0.2) is 0 Å². The molecule has 0 saturated heterocycles. The zero-order valence-electron chi connectivity index (χ0n) is 17.5. The van der Waals surface area contributed by atoms with Gasteiger partial charge in [0.2, 0.25) is 0 Å². The van der Waals surface area contributed by atoms with Crippen LogP contribution in [0, 0.1) is 5.92 Å². The first kappa shape index (κ1) is 21.8. The molecule has 0 aromatic heterocycles. The highest BCUT2D eigenvalue weighted by Crippen LogP contribution is 2.37. The topological polar surface area (TPSA) is 0 Å². The van der Waals surface area contributed by atoms with Gasteiger partial charge in [0.25, 0.3) is 0 Å². The fourth-order valence-electron chi connectivity index (χ4n) is 5.03. The zero-order chi connectivity index (χ0) is 23.4. The number of alkyl halides is 6. The van der Waals surface area contributed by atoms with E-state index in [-0.39, 0.29) is 5.92 Å². The highest BCUT2D eigenvalue weighted by atomic mass is 19.4. The second-order valence-corrected chi connectivity index (χ2v) is 8.73. The first-order chi connectivity index (χ1) is 15.6. The van der Waals surface area contributed by atoms with Crippen LogP contribution in [0.15, 0.2) is 66.2 Å². The summed E-state index contributed by atoms with van der Waals surface area (Å²) in [7, 11) is 0. The molecule has 170 valence electrons. The minimum atomic E-state index is -4.37. The summed E-state index contributed by atoms with van der Waals surface area (Å²) in [6, 6.07) is 15.0. The van der Waals surface area contributed by atoms with Crippen LogP contribution in [0.25, 0.3) is 33.5 Å². The van der Waals surface area contributed by atoms with Crippen LogP contribution in [-0.4, -0.2) is 6.18 Å². The average molecular weight is 458 g/mol. The molecule has 2 aliphatic carbocycles. The number of halogens is 6. The maximum Gasteiger partial charge on any atom is 0.416 e. The Bertz CT molecular complexity index is 1370. The number of benzene rings is 3. The maximum atomic E-state index is 12.8. The first-order valence-electron chi connectivity index (χ1n) is 10.8. The van der Waals surface area contributed by atoms with E-state index in [2.05, 4.69) is 6.08 Å². The van der Waals surface area contributed by atoms with Crippen molar-refractivity contribution in [2.75, 3.05) is 0 Å². The van der Waals surface area contributed by atoms with Gasteiger partial charge in [-0.2, -0.15) is 26.3 Å². The van der Waals surface area contributed by atoms with Gasteiger partial charge in [-0.3, -0.25) is 0 Å². The van der Waals surface area contributed by atoms with Gasteiger partial charge in [-0.1, -0.05) is 59.7 Å². The molecule has 5 rings (SSSR count). The van der Waals surface area contributed by atoms with Gasteiger partial charge in [-0.05, 0) is 69.8 Å². The summed E-state index contributed by atoms with van der Waals surface area (Å²) in [5, 5.41) is 4.19. The van der Waals surface area contributed by atoms with Crippen molar-refractivity contribution in [2.45, 2.75) is 38.0 Å². The maximum absolute atomic E-state index is 12.8.